The average Bonchev–Trinajstić information content (AvgIpc) is 2.16. The number of hydrogen-bond donors (Lipinski definition) is 2. The van der Waals surface area contributed by atoms with Crippen molar-refractivity contribution in [2.75, 3.05) is 0 Å². The van der Waals surface area contributed by atoms with Crippen LogP contribution in [0.5, 0.6) is 0 Å². The van der Waals surface area contributed by atoms with Crippen molar-refractivity contribution in [3.05, 3.63) is 35.4 Å². The van der Waals surface area contributed by atoms with Crippen molar-refractivity contribution >= 4 is 5.97 Å². The van der Waals surface area contributed by atoms with Crippen LogP contribution in [-0.4, -0.2) is 16.2 Å². The van der Waals surface area contributed by atoms with Gasteiger partial charge in [0.25, 0.3) is 0 Å². The molecule has 3 heteroatoms. The van der Waals surface area contributed by atoms with Gasteiger partial charge in [-0.05, 0) is 24.0 Å². The Morgan fingerprint density at radius 3 is 2.47 bits per heavy atom. The van der Waals surface area contributed by atoms with Gasteiger partial charge in [-0.15, -0.1) is 0 Å². The Kier molecular flexibility index (Phi) is 3.86. The third-order valence-electron chi connectivity index (χ3n) is 2.24. The second-order valence-electron chi connectivity index (χ2n) is 4.04. The van der Waals surface area contributed by atoms with E-state index in [4.69, 9.17) is 5.11 Å². The maximum atomic E-state index is 10.9. The van der Waals surface area contributed by atoms with Crippen LogP contribution in [0.1, 0.15) is 42.3 Å². The summed E-state index contributed by atoms with van der Waals surface area (Å²) >= 11 is 0. The number of hydrogen-bond acceptors (Lipinski definition) is 2. The molecular formula is C12H16O3. The number of rotatable bonds is 4. The standard InChI is InChI=1S/C12H16O3/c1-8(2)7-11(13)9-5-3-4-6-10(9)12(14)15/h3-6,8,11,13H,7H2,1-2H3,(H,14,15). The maximum Gasteiger partial charge on any atom is 0.336 e. The first-order chi connectivity index (χ1) is 7.02. The summed E-state index contributed by atoms with van der Waals surface area (Å²) in [6.45, 7) is 3.99. The molecule has 1 atom stereocenters. The summed E-state index contributed by atoms with van der Waals surface area (Å²) in [6, 6.07) is 6.58. The fraction of sp³-hybridized carbons (Fsp3) is 0.417. The van der Waals surface area contributed by atoms with Gasteiger partial charge >= 0.3 is 5.97 Å². The van der Waals surface area contributed by atoms with E-state index >= 15 is 0 Å². The van der Waals surface area contributed by atoms with E-state index in [1.54, 1.807) is 18.2 Å². The first-order valence-electron chi connectivity index (χ1n) is 5.02. The highest BCUT2D eigenvalue weighted by Crippen LogP contribution is 2.24. The minimum atomic E-state index is -0.992. The summed E-state index contributed by atoms with van der Waals surface area (Å²) < 4.78 is 0. The molecule has 0 aliphatic rings. The van der Waals surface area contributed by atoms with Crippen molar-refractivity contribution in [2.45, 2.75) is 26.4 Å². The molecule has 0 radical (unpaired) electrons. The molecule has 0 aromatic heterocycles. The zero-order valence-corrected chi connectivity index (χ0v) is 8.97. The monoisotopic (exact) mass is 208 g/mol. The minimum absolute atomic E-state index is 0.186. The van der Waals surface area contributed by atoms with E-state index in [1.807, 2.05) is 13.8 Å². The van der Waals surface area contributed by atoms with Gasteiger partial charge in [0.15, 0.2) is 0 Å². The zero-order chi connectivity index (χ0) is 11.4. The number of benzene rings is 1. The Balaban J connectivity index is 2.97. The van der Waals surface area contributed by atoms with E-state index in [9.17, 15) is 9.90 Å². The van der Waals surface area contributed by atoms with E-state index in [0.29, 0.717) is 17.9 Å². The summed E-state index contributed by atoms with van der Waals surface area (Å²) in [5.41, 5.74) is 0.685. The molecule has 0 heterocycles. The molecule has 1 aromatic carbocycles. The van der Waals surface area contributed by atoms with E-state index in [1.165, 1.54) is 6.07 Å². The van der Waals surface area contributed by atoms with Gasteiger partial charge in [-0.1, -0.05) is 32.0 Å². The predicted octanol–water partition coefficient (Wildman–Crippen LogP) is 2.46. The van der Waals surface area contributed by atoms with Crippen molar-refractivity contribution in [3.63, 3.8) is 0 Å². The largest absolute Gasteiger partial charge is 0.478 e. The van der Waals surface area contributed by atoms with Crippen LogP contribution >= 0.6 is 0 Å². The Bertz CT molecular complexity index is 344. The van der Waals surface area contributed by atoms with Gasteiger partial charge in [0.1, 0.15) is 0 Å². The van der Waals surface area contributed by atoms with Gasteiger partial charge in [0.05, 0.1) is 11.7 Å². The van der Waals surface area contributed by atoms with E-state index in [2.05, 4.69) is 0 Å². The van der Waals surface area contributed by atoms with Crippen molar-refractivity contribution in [2.24, 2.45) is 5.92 Å². The molecule has 0 saturated carbocycles. The van der Waals surface area contributed by atoms with Gasteiger partial charge in [-0.25, -0.2) is 4.79 Å². The van der Waals surface area contributed by atoms with Gasteiger partial charge in [0.2, 0.25) is 0 Å². The summed E-state index contributed by atoms with van der Waals surface area (Å²) in [6.07, 6.45) is -0.123. The van der Waals surface area contributed by atoms with Crippen molar-refractivity contribution < 1.29 is 15.0 Å². The molecule has 0 aliphatic carbocycles. The molecule has 1 unspecified atom stereocenters. The van der Waals surface area contributed by atoms with Crippen molar-refractivity contribution in [3.8, 4) is 0 Å². The number of carbonyl (C=O) groups is 1. The molecule has 0 bridgehead atoms. The highest BCUT2D eigenvalue weighted by Gasteiger charge is 2.16. The summed E-state index contributed by atoms with van der Waals surface area (Å²) in [4.78, 5) is 10.9. The molecule has 82 valence electrons. The molecule has 2 N–H and O–H groups in total. The molecule has 0 saturated heterocycles. The molecule has 0 aliphatic heterocycles. The van der Waals surface area contributed by atoms with Crippen LogP contribution in [-0.2, 0) is 0 Å². The first-order valence-corrected chi connectivity index (χ1v) is 5.02. The maximum absolute atomic E-state index is 10.9. The van der Waals surface area contributed by atoms with E-state index < -0.39 is 12.1 Å². The number of aliphatic hydroxyl groups is 1. The van der Waals surface area contributed by atoms with Crippen LogP contribution in [0, 0.1) is 5.92 Å². The second-order valence-corrected chi connectivity index (χ2v) is 4.04. The topological polar surface area (TPSA) is 57.5 Å². The van der Waals surface area contributed by atoms with Crippen LogP contribution in [0.4, 0.5) is 0 Å². The van der Waals surface area contributed by atoms with Gasteiger partial charge < -0.3 is 10.2 Å². The van der Waals surface area contributed by atoms with E-state index in [-0.39, 0.29) is 5.56 Å². The van der Waals surface area contributed by atoms with Crippen molar-refractivity contribution in [1.29, 1.82) is 0 Å². The fourth-order valence-electron chi connectivity index (χ4n) is 1.56. The molecule has 0 fully saturated rings. The Morgan fingerprint density at radius 1 is 1.33 bits per heavy atom. The number of aliphatic hydroxyl groups excluding tert-OH is 1. The van der Waals surface area contributed by atoms with Crippen LogP contribution in [0.2, 0.25) is 0 Å². The predicted molar refractivity (Wildman–Crippen MR) is 57.8 cm³/mol. The lowest BCUT2D eigenvalue weighted by atomic mass is 9.96. The lowest BCUT2D eigenvalue weighted by molar-refractivity contribution is 0.0686. The SMILES string of the molecule is CC(C)CC(O)c1ccccc1C(=O)O. The van der Waals surface area contributed by atoms with Gasteiger partial charge in [-0.2, -0.15) is 0 Å². The molecule has 3 nitrogen and oxygen atoms in total. The zero-order valence-electron chi connectivity index (χ0n) is 8.97. The molecule has 15 heavy (non-hydrogen) atoms. The third-order valence-corrected chi connectivity index (χ3v) is 2.24. The first kappa shape index (κ1) is 11.7. The average molecular weight is 208 g/mol. The molecule has 0 amide bonds. The van der Waals surface area contributed by atoms with Crippen LogP contribution in [0.3, 0.4) is 0 Å². The molecule has 1 aromatic rings. The number of carboxylic acid groups (broad SMARTS) is 1. The van der Waals surface area contributed by atoms with E-state index in [0.717, 1.165) is 0 Å². The lowest BCUT2D eigenvalue weighted by Gasteiger charge is -2.15. The van der Waals surface area contributed by atoms with Crippen LogP contribution in [0.25, 0.3) is 0 Å². The second kappa shape index (κ2) is 4.94. The third kappa shape index (κ3) is 3.06. The van der Waals surface area contributed by atoms with Crippen LogP contribution in [0.15, 0.2) is 24.3 Å². The Hall–Kier alpha value is -1.35. The minimum Gasteiger partial charge on any atom is -0.478 e. The Morgan fingerprint density at radius 2 is 1.93 bits per heavy atom. The smallest absolute Gasteiger partial charge is 0.336 e. The summed E-state index contributed by atoms with van der Waals surface area (Å²) in [5, 5.41) is 18.8. The fourth-order valence-corrected chi connectivity index (χ4v) is 1.56. The van der Waals surface area contributed by atoms with Gasteiger partial charge in [0, 0.05) is 0 Å². The summed E-state index contributed by atoms with van der Waals surface area (Å²) in [5.74, 6) is -0.657. The number of carboxylic acids is 1. The summed E-state index contributed by atoms with van der Waals surface area (Å²) in [7, 11) is 0. The highest BCUT2D eigenvalue weighted by molar-refractivity contribution is 5.89. The van der Waals surface area contributed by atoms with Gasteiger partial charge in [-0.3, -0.25) is 0 Å². The van der Waals surface area contributed by atoms with Crippen molar-refractivity contribution in [1.82, 2.24) is 0 Å². The Labute approximate surface area is 89.4 Å². The molecular weight excluding hydrogens is 192 g/mol. The quantitative estimate of drug-likeness (QED) is 0.799. The van der Waals surface area contributed by atoms with Crippen LogP contribution < -0.4 is 0 Å². The molecule has 0 spiro atoms. The molecule has 1 rings (SSSR count). The lowest BCUT2D eigenvalue weighted by Crippen LogP contribution is -2.08. The number of aromatic carboxylic acids is 1. The normalized spacial score (nSPS) is 12.8. The highest BCUT2D eigenvalue weighted by atomic mass is 16.4.